The maximum absolute atomic E-state index is 10.6. The standard InChI is InChI=1S/C15H24N2O/c1-11-6-12(2)8-14(7-11)17(3)10-15(18,9-16)13-4-5-13/h6-8,13,18H,4-5,9-10,16H2,1-3H3. The van der Waals surface area contributed by atoms with Gasteiger partial charge in [-0.3, -0.25) is 0 Å². The lowest BCUT2D eigenvalue weighted by Crippen LogP contribution is -2.49. The molecule has 1 aromatic carbocycles. The molecule has 1 aliphatic rings. The number of aliphatic hydroxyl groups is 1. The summed E-state index contributed by atoms with van der Waals surface area (Å²) in [7, 11) is 2.03. The van der Waals surface area contributed by atoms with Crippen LogP contribution in [0.15, 0.2) is 18.2 Å². The Morgan fingerprint density at radius 1 is 1.28 bits per heavy atom. The highest BCUT2D eigenvalue weighted by atomic mass is 16.3. The first-order chi connectivity index (χ1) is 8.44. The molecule has 1 fully saturated rings. The van der Waals surface area contributed by atoms with E-state index in [1.54, 1.807) is 0 Å². The normalized spacial score (nSPS) is 18.5. The molecule has 100 valence electrons. The van der Waals surface area contributed by atoms with Gasteiger partial charge in [0, 0.05) is 25.8 Å². The van der Waals surface area contributed by atoms with Crippen molar-refractivity contribution in [3.63, 3.8) is 0 Å². The van der Waals surface area contributed by atoms with Crippen LogP contribution < -0.4 is 10.6 Å². The summed E-state index contributed by atoms with van der Waals surface area (Å²) < 4.78 is 0. The Balaban J connectivity index is 2.13. The molecule has 3 nitrogen and oxygen atoms in total. The molecule has 3 heteroatoms. The summed E-state index contributed by atoms with van der Waals surface area (Å²) >= 11 is 0. The van der Waals surface area contributed by atoms with Gasteiger partial charge in [-0.05, 0) is 55.9 Å². The SMILES string of the molecule is Cc1cc(C)cc(N(C)CC(O)(CN)C2CC2)c1. The molecule has 0 saturated heterocycles. The van der Waals surface area contributed by atoms with Crippen LogP contribution in [0.1, 0.15) is 24.0 Å². The van der Waals surface area contributed by atoms with Crippen molar-refractivity contribution in [3.05, 3.63) is 29.3 Å². The maximum Gasteiger partial charge on any atom is 0.0970 e. The number of aryl methyl sites for hydroxylation is 2. The summed E-state index contributed by atoms with van der Waals surface area (Å²) in [6, 6.07) is 6.46. The molecule has 1 atom stereocenters. The predicted molar refractivity (Wildman–Crippen MR) is 75.9 cm³/mol. The van der Waals surface area contributed by atoms with Gasteiger partial charge in [0.05, 0.1) is 5.60 Å². The summed E-state index contributed by atoms with van der Waals surface area (Å²) in [5, 5.41) is 10.6. The van der Waals surface area contributed by atoms with Crippen LogP contribution in [-0.4, -0.2) is 30.8 Å². The van der Waals surface area contributed by atoms with Gasteiger partial charge in [0.15, 0.2) is 0 Å². The first kappa shape index (κ1) is 13.4. The Kier molecular flexibility index (Phi) is 3.64. The lowest BCUT2D eigenvalue weighted by molar-refractivity contribution is 0.0344. The Morgan fingerprint density at radius 2 is 1.83 bits per heavy atom. The molecule has 0 spiro atoms. The average Bonchev–Trinajstić information content (AvgIpc) is 3.11. The van der Waals surface area contributed by atoms with Crippen molar-refractivity contribution in [2.75, 3.05) is 25.0 Å². The van der Waals surface area contributed by atoms with E-state index in [0.29, 0.717) is 19.0 Å². The quantitative estimate of drug-likeness (QED) is 0.836. The van der Waals surface area contributed by atoms with E-state index in [9.17, 15) is 5.11 Å². The van der Waals surface area contributed by atoms with Gasteiger partial charge in [0.25, 0.3) is 0 Å². The smallest absolute Gasteiger partial charge is 0.0970 e. The number of benzene rings is 1. The van der Waals surface area contributed by atoms with E-state index in [1.165, 1.54) is 11.1 Å². The van der Waals surface area contributed by atoms with Crippen LogP contribution in [-0.2, 0) is 0 Å². The van der Waals surface area contributed by atoms with E-state index in [-0.39, 0.29) is 0 Å². The number of hydrogen-bond acceptors (Lipinski definition) is 3. The van der Waals surface area contributed by atoms with E-state index < -0.39 is 5.60 Å². The second-order valence-corrected chi connectivity index (χ2v) is 5.78. The van der Waals surface area contributed by atoms with Gasteiger partial charge < -0.3 is 15.7 Å². The third-order valence-corrected chi connectivity index (χ3v) is 3.85. The Labute approximate surface area is 110 Å². The van der Waals surface area contributed by atoms with E-state index in [2.05, 4.69) is 36.9 Å². The molecule has 3 N–H and O–H groups in total. The van der Waals surface area contributed by atoms with Gasteiger partial charge in [0.1, 0.15) is 0 Å². The van der Waals surface area contributed by atoms with Crippen molar-refractivity contribution < 1.29 is 5.11 Å². The van der Waals surface area contributed by atoms with Crippen LogP contribution in [0.3, 0.4) is 0 Å². The first-order valence-corrected chi connectivity index (χ1v) is 6.66. The zero-order valence-electron chi connectivity index (χ0n) is 11.6. The number of hydrogen-bond donors (Lipinski definition) is 2. The molecular weight excluding hydrogens is 224 g/mol. The first-order valence-electron chi connectivity index (χ1n) is 6.66. The predicted octanol–water partition coefficient (Wildman–Crippen LogP) is 1.84. The largest absolute Gasteiger partial charge is 0.386 e. The third kappa shape index (κ3) is 2.85. The van der Waals surface area contributed by atoms with Crippen LogP contribution in [0.25, 0.3) is 0 Å². The number of nitrogens with zero attached hydrogens (tertiary/aromatic N) is 1. The van der Waals surface area contributed by atoms with Gasteiger partial charge in [0.2, 0.25) is 0 Å². The van der Waals surface area contributed by atoms with Gasteiger partial charge in [-0.2, -0.15) is 0 Å². The van der Waals surface area contributed by atoms with E-state index in [0.717, 1.165) is 18.5 Å². The zero-order chi connectivity index (χ0) is 13.3. The second-order valence-electron chi connectivity index (χ2n) is 5.78. The van der Waals surface area contributed by atoms with Crippen molar-refractivity contribution in [3.8, 4) is 0 Å². The van der Waals surface area contributed by atoms with Crippen molar-refractivity contribution in [2.45, 2.75) is 32.3 Å². The fourth-order valence-electron chi connectivity index (χ4n) is 2.65. The van der Waals surface area contributed by atoms with Crippen LogP contribution >= 0.6 is 0 Å². The number of likely N-dealkylation sites (N-methyl/N-ethyl adjacent to an activating group) is 1. The molecule has 1 unspecified atom stereocenters. The fraction of sp³-hybridized carbons (Fsp3) is 0.600. The molecule has 1 aromatic rings. The molecule has 0 bridgehead atoms. The molecule has 1 aliphatic carbocycles. The minimum Gasteiger partial charge on any atom is -0.386 e. The molecule has 18 heavy (non-hydrogen) atoms. The maximum atomic E-state index is 10.6. The summed E-state index contributed by atoms with van der Waals surface area (Å²) in [6.07, 6.45) is 2.21. The molecule has 0 heterocycles. The van der Waals surface area contributed by atoms with E-state index in [1.807, 2.05) is 7.05 Å². The zero-order valence-corrected chi connectivity index (χ0v) is 11.6. The minimum absolute atomic E-state index is 0.340. The van der Waals surface area contributed by atoms with Gasteiger partial charge in [-0.25, -0.2) is 0 Å². The Morgan fingerprint density at radius 3 is 2.28 bits per heavy atom. The van der Waals surface area contributed by atoms with Gasteiger partial charge >= 0.3 is 0 Å². The van der Waals surface area contributed by atoms with Crippen LogP contribution in [0.2, 0.25) is 0 Å². The average molecular weight is 248 g/mol. The monoisotopic (exact) mass is 248 g/mol. The van der Waals surface area contributed by atoms with Gasteiger partial charge in [-0.1, -0.05) is 6.07 Å². The number of nitrogens with two attached hydrogens (primary N) is 1. The molecule has 1 saturated carbocycles. The van der Waals surface area contributed by atoms with Crippen LogP contribution in [0.5, 0.6) is 0 Å². The fourth-order valence-corrected chi connectivity index (χ4v) is 2.65. The third-order valence-electron chi connectivity index (χ3n) is 3.85. The highest BCUT2D eigenvalue weighted by Gasteiger charge is 2.43. The topological polar surface area (TPSA) is 49.5 Å². The Bertz CT molecular complexity index is 408. The second kappa shape index (κ2) is 4.90. The molecular formula is C15H24N2O. The number of rotatable bonds is 5. The highest BCUT2D eigenvalue weighted by molar-refractivity contribution is 5.50. The number of anilines is 1. The van der Waals surface area contributed by atoms with E-state index >= 15 is 0 Å². The van der Waals surface area contributed by atoms with Crippen molar-refractivity contribution in [1.29, 1.82) is 0 Å². The molecule has 0 amide bonds. The summed E-state index contributed by atoms with van der Waals surface area (Å²) in [5.74, 6) is 0.385. The molecule has 0 radical (unpaired) electrons. The lowest BCUT2D eigenvalue weighted by atomic mass is 9.97. The summed E-state index contributed by atoms with van der Waals surface area (Å²) in [5.41, 5.74) is 8.68. The highest BCUT2D eigenvalue weighted by Crippen LogP contribution is 2.40. The molecule has 2 rings (SSSR count). The van der Waals surface area contributed by atoms with Crippen LogP contribution in [0, 0.1) is 19.8 Å². The Hall–Kier alpha value is -1.06. The lowest BCUT2D eigenvalue weighted by Gasteiger charge is -2.33. The van der Waals surface area contributed by atoms with Crippen LogP contribution in [0.4, 0.5) is 5.69 Å². The minimum atomic E-state index is -0.730. The molecule has 0 aromatic heterocycles. The van der Waals surface area contributed by atoms with Crippen molar-refractivity contribution in [2.24, 2.45) is 11.7 Å². The summed E-state index contributed by atoms with van der Waals surface area (Å²) in [4.78, 5) is 2.12. The molecule has 0 aliphatic heterocycles. The van der Waals surface area contributed by atoms with Crippen molar-refractivity contribution in [1.82, 2.24) is 0 Å². The summed E-state index contributed by atoms with van der Waals surface area (Å²) in [6.45, 7) is 5.14. The van der Waals surface area contributed by atoms with Gasteiger partial charge in [-0.15, -0.1) is 0 Å². The van der Waals surface area contributed by atoms with Crippen molar-refractivity contribution >= 4 is 5.69 Å². The van der Waals surface area contributed by atoms with E-state index in [4.69, 9.17) is 5.73 Å².